The van der Waals surface area contributed by atoms with Crippen LogP contribution in [0.5, 0.6) is 0 Å². The van der Waals surface area contributed by atoms with Gasteiger partial charge in [0.15, 0.2) is 5.11 Å². The van der Waals surface area contributed by atoms with Gasteiger partial charge in [0.05, 0.1) is 12.3 Å². The molecule has 24 heavy (non-hydrogen) atoms. The molecule has 0 unspecified atom stereocenters. The Hall–Kier alpha value is -1.85. The summed E-state index contributed by atoms with van der Waals surface area (Å²) < 4.78 is 5.64. The Morgan fingerprint density at radius 2 is 1.96 bits per heavy atom. The van der Waals surface area contributed by atoms with Gasteiger partial charge in [0.25, 0.3) is 0 Å². The van der Waals surface area contributed by atoms with E-state index in [1.807, 2.05) is 12.1 Å². The fourth-order valence-electron chi connectivity index (χ4n) is 3.13. The third kappa shape index (κ3) is 4.36. The molecule has 2 heterocycles. The fourth-order valence-corrected chi connectivity index (χ4v) is 3.33. The first-order chi connectivity index (χ1) is 11.8. The molecule has 2 aromatic rings. The molecular weight excluding hydrogens is 318 g/mol. The fraction of sp³-hybridized carbons (Fsp3) is 0.421. The maximum atomic E-state index is 5.64. The summed E-state index contributed by atoms with van der Waals surface area (Å²) in [5.41, 5.74) is 2.34. The van der Waals surface area contributed by atoms with E-state index in [9.17, 15) is 0 Å². The van der Waals surface area contributed by atoms with Crippen LogP contribution in [0.3, 0.4) is 0 Å². The predicted molar refractivity (Wildman–Crippen MR) is 102 cm³/mol. The van der Waals surface area contributed by atoms with E-state index in [2.05, 4.69) is 46.7 Å². The second-order valence-corrected chi connectivity index (χ2v) is 6.57. The van der Waals surface area contributed by atoms with Crippen molar-refractivity contribution in [1.29, 1.82) is 0 Å². The molecule has 1 aromatic carbocycles. The molecule has 5 heteroatoms. The van der Waals surface area contributed by atoms with E-state index >= 15 is 0 Å². The highest BCUT2D eigenvalue weighted by molar-refractivity contribution is 7.80. The van der Waals surface area contributed by atoms with Crippen LogP contribution in [0, 0.1) is 0 Å². The van der Waals surface area contributed by atoms with Crippen LogP contribution in [0.2, 0.25) is 0 Å². The SMILES string of the molecule is CCc1ccc(NC(=S)NC[C@H](c2ccco2)N2CCCC2)cc1. The highest BCUT2D eigenvalue weighted by Crippen LogP contribution is 2.24. The number of benzene rings is 1. The topological polar surface area (TPSA) is 40.4 Å². The van der Waals surface area contributed by atoms with E-state index in [-0.39, 0.29) is 6.04 Å². The lowest BCUT2D eigenvalue weighted by molar-refractivity contribution is 0.216. The summed E-state index contributed by atoms with van der Waals surface area (Å²) in [5, 5.41) is 7.25. The zero-order chi connectivity index (χ0) is 16.8. The number of nitrogens with one attached hydrogen (secondary N) is 2. The van der Waals surface area contributed by atoms with E-state index in [0.717, 1.165) is 37.5 Å². The van der Waals surface area contributed by atoms with Gasteiger partial charge in [0.2, 0.25) is 0 Å². The molecule has 0 radical (unpaired) electrons. The zero-order valence-corrected chi connectivity index (χ0v) is 14.9. The summed E-state index contributed by atoms with van der Waals surface area (Å²) in [5.74, 6) is 1.000. The first-order valence-corrected chi connectivity index (χ1v) is 9.08. The molecule has 1 fully saturated rings. The van der Waals surface area contributed by atoms with Crippen LogP contribution in [0.1, 0.15) is 37.1 Å². The molecular formula is C19H25N3OS. The average Bonchev–Trinajstić information content (AvgIpc) is 3.30. The molecule has 128 valence electrons. The Bertz CT molecular complexity index is 633. The van der Waals surface area contributed by atoms with E-state index < -0.39 is 0 Å². The van der Waals surface area contributed by atoms with Crippen molar-refractivity contribution in [3.05, 3.63) is 54.0 Å². The number of anilines is 1. The standard InChI is InChI=1S/C19H25N3OS/c1-2-15-7-9-16(10-8-15)21-19(24)20-14-17(18-6-5-13-23-18)22-11-3-4-12-22/h5-10,13,17H,2-4,11-12,14H2,1H3,(H2,20,21,24)/t17-/m1/s1. The van der Waals surface area contributed by atoms with E-state index in [1.54, 1.807) is 6.26 Å². The number of thiocarbonyl (C=S) groups is 1. The van der Waals surface area contributed by atoms with Crippen molar-refractivity contribution in [3.8, 4) is 0 Å². The van der Waals surface area contributed by atoms with Crippen LogP contribution in [0.25, 0.3) is 0 Å². The van der Waals surface area contributed by atoms with Crippen LogP contribution in [-0.4, -0.2) is 29.6 Å². The number of rotatable bonds is 6. The van der Waals surface area contributed by atoms with Gasteiger partial charge in [0.1, 0.15) is 5.76 Å². The molecule has 1 aliphatic rings. The minimum atomic E-state index is 0.227. The minimum Gasteiger partial charge on any atom is -0.468 e. The Kier molecular flexibility index (Phi) is 5.88. The van der Waals surface area contributed by atoms with Crippen molar-refractivity contribution in [3.63, 3.8) is 0 Å². The number of likely N-dealkylation sites (tertiary alicyclic amines) is 1. The lowest BCUT2D eigenvalue weighted by Crippen LogP contribution is -2.38. The van der Waals surface area contributed by atoms with Crippen molar-refractivity contribution in [2.45, 2.75) is 32.2 Å². The van der Waals surface area contributed by atoms with E-state index in [4.69, 9.17) is 16.6 Å². The molecule has 0 aliphatic carbocycles. The van der Waals surface area contributed by atoms with Gasteiger partial charge in [0, 0.05) is 12.2 Å². The van der Waals surface area contributed by atoms with Crippen LogP contribution >= 0.6 is 12.2 Å². The van der Waals surface area contributed by atoms with E-state index in [0.29, 0.717) is 5.11 Å². The largest absolute Gasteiger partial charge is 0.468 e. The highest BCUT2D eigenvalue weighted by atomic mass is 32.1. The number of aryl methyl sites for hydroxylation is 1. The summed E-state index contributed by atoms with van der Waals surface area (Å²) in [6.45, 7) is 5.13. The summed E-state index contributed by atoms with van der Waals surface area (Å²) in [4.78, 5) is 2.46. The summed E-state index contributed by atoms with van der Waals surface area (Å²) >= 11 is 5.45. The second-order valence-electron chi connectivity index (χ2n) is 6.16. The van der Waals surface area contributed by atoms with Crippen LogP contribution < -0.4 is 10.6 Å². The Labute approximate surface area is 149 Å². The normalized spacial score (nSPS) is 16.0. The number of hydrogen-bond donors (Lipinski definition) is 2. The van der Waals surface area contributed by atoms with Crippen LogP contribution in [0.15, 0.2) is 47.1 Å². The second kappa shape index (κ2) is 8.31. The van der Waals surface area contributed by atoms with Crippen LogP contribution in [-0.2, 0) is 6.42 Å². The molecule has 1 aromatic heterocycles. The lowest BCUT2D eigenvalue weighted by atomic mass is 10.1. The third-order valence-corrected chi connectivity index (χ3v) is 4.78. The Morgan fingerprint density at radius 1 is 1.21 bits per heavy atom. The first-order valence-electron chi connectivity index (χ1n) is 8.67. The average molecular weight is 343 g/mol. The van der Waals surface area contributed by atoms with E-state index in [1.165, 1.54) is 18.4 Å². The zero-order valence-electron chi connectivity index (χ0n) is 14.1. The van der Waals surface area contributed by atoms with Gasteiger partial charge in [-0.15, -0.1) is 0 Å². The van der Waals surface area contributed by atoms with Gasteiger partial charge in [-0.3, -0.25) is 4.90 Å². The summed E-state index contributed by atoms with van der Waals surface area (Å²) in [6, 6.07) is 12.6. The lowest BCUT2D eigenvalue weighted by Gasteiger charge is -2.26. The highest BCUT2D eigenvalue weighted by Gasteiger charge is 2.25. The summed E-state index contributed by atoms with van der Waals surface area (Å²) in [6.07, 6.45) is 5.29. The molecule has 4 nitrogen and oxygen atoms in total. The van der Waals surface area contributed by atoms with Gasteiger partial charge in [-0.05, 0) is 74.4 Å². The Balaban J connectivity index is 1.56. The minimum absolute atomic E-state index is 0.227. The molecule has 3 rings (SSSR count). The van der Waals surface area contributed by atoms with Crippen molar-refractivity contribution in [1.82, 2.24) is 10.2 Å². The molecule has 1 saturated heterocycles. The van der Waals surface area contributed by atoms with Gasteiger partial charge in [-0.1, -0.05) is 19.1 Å². The molecule has 0 saturated carbocycles. The van der Waals surface area contributed by atoms with Crippen molar-refractivity contribution in [2.24, 2.45) is 0 Å². The molecule has 1 aliphatic heterocycles. The predicted octanol–water partition coefficient (Wildman–Crippen LogP) is 3.97. The number of nitrogens with zero attached hydrogens (tertiary/aromatic N) is 1. The maximum absolute atomic E-state index is 5.64. The first kappa shape index (κ1) is 17.0. The quantitative estimate of drug-likeness (QED) is 0.777. The monoisotopic (exact) mass is 343 g/mol. The molecule has 0 spiro atoms. The molecule has 0 amide bonds. The molecule has 0 bridgehead atoms. The van der Waals surface area contributed by atoms with Gasteiger partial charge in [-0.2, -0.15) is 0 Å². The van der Waals surface area contributed by atoms with Gasteiger partial charge >= 0.3 is 0 Å². The van der Waals surface area contributed by atoms with Gasteiger partial charge in [-0.25, -0.2) is 0 Å². The van der Waals surface area contributed by atoms with Gasteiger partial charge < -0.3 is 15.1 Å². The van der Waals surface area contributed by atoms with Crippen molar-refractivity contribution >= 4 is 23.0 Å². The third-order valence-electron chi connectivity index (χ3n) is 4.53. The maximum Gasteiger partial charge on any atom is 0.170 e. The van der Waals surface area contributed by atoms with Crippen molar-refractivity contribution < 1.29 is 4.42 Å². The van der Waals surface area contributed by atoms with Crippen molar-refractivity contribution in [2.75, 3.05) is 25.0 Å². The summed E-state index contributed by atoms with van der Waals surface area (Å²) in [7, 11) is 0. The smallest absolute Gasteiger partial charge is 0.170 e. The van der Waals surface area contributed by atoms with Crippen LogP contribution in [0.4, 0.5) is 5.69 Å². The Morgan fingerprint density at radius 3 is 2.58 bits per heavy atom. The molecule has 1 atom stereocenters. The number of furan rings is 1. The molecule has 2 N–H and O–H groups in total. The number of hydrogen-bond acceptors (Lipinski definition) is 3.